The number of aryl methyl sites for hydroxylation is 3. The van der Waals surface area contributed by atoms with Gasteiger partial charge in [0.15, 0.2) is 17.5 Å². The average molecular weight is 510 g/mol. The lowest BCUT2D eigenvalue weighted by molar-refractivity contribution is 0.785. The topological polar surface area (TPSA) is 70.7 Å². The number of amidine groups is 2. The van der Waals surface area contributed by atoms with Gasteiger partial charge in [-0.2, -0.15) is 5.10 Å². The van der Waals surface area contributed by atoms with Crippen LogP contribution in [0.25, 0.3) is 5.69 Å². The van der Waals surface area contributed by atoms with Crippen LogP contribution < -0.4 is 10.2 Å². The highest BCUT2D eigenvalue weighted by atomic mass is 15.4. The third-order valence-electron chi connectivity index (χ3n) is 7.17. The quantitative estimate of drug-likeness (QED) is 0.285. The van der Waals surface area contributed by atoms with Crippen LogP contribution in [-0.4, -0.2) is 26.4 Å². The van der Waals surface area contributed by atoms with Crippen LogP contribution in [0.5, 0.6) is 0 Å². The normalized spacial score (nSPS) is 15.6. The number of benzene rings is 3. The van der Waals surface area contributed by atoms with E-state index < -0.39 is 0 Å². The summed E-state index contributed by atoms with van der Waals surface area (Å²) in [5, 5.41) is 8.56. The Morgan fingerprint density at radius 3 is 2.38 bits per heavy atom. The van der Waals surface area contributed by atoms with Crippen molar-refractivity contribution in [2.75, 3.05) is 10.2 Å². The monoisotopic (exact) mass is 509 g/mol. The first kappa shape index (κ1) is 23.1. The summed E-state index contributed by atoms with van der Waals surface area (Å²) in [6.45, 7) is 6.22. The highest BCUT2D eigenvalue weighted by molar-refractivity contribution is 6.51. The van der Waals surface area contributed by atoms with Gasteiger partial charge in [0.05, 0.1) is 28.5 Å². The molecule has 0 aliphatic carbocycles. The molecule has 2 aliphatic rings. The van der Waals surface area contributed by atoms with Gasteiger partial charge >= 0.3 is 0 Å². The van der Waals surface area contributed by atoms with Gasteiger partial charge in [-0.1, -0.05) is 48.0 Å². The van der Waals surface area contributed by atoms with E-state index in [1.54, 1.807) is 0 Å². The fourth-order valence-electron chi connectivity index (χ4n) is 5.34. The van der Waals surface area contributed by atoms with E-state index in [1.165, 1.54) is 11.1 Å². The smallest absolute Gasteiger partial charge is 0.179 e. The van der Waals surface area contributed by atoms with Gasteiger partial charge < -0.3 is 10.2 Å². The van der Waals surface area contributed by atoms with Crippen LogP contribution in [0.15, 0.2) is 107 Å². The zero-order valence-corrected chi connectivity index (χ0v) is 22.0. The van der Waals surface area contributed by atoms with E-state index in [9.17, 15) is 0 Å². The highest BCUT2D eigenvalue weighted by Gasteiger charge is 2.42. The zero-order valence-electron chi connectivity index (χ0n) is 22.0. The van der Waals surface area contributed by atoms with Gasteiger partial charge in [0, 0.05) is 17.4 Å². The molecule has 1 N–H and O–H groups in total. The predicted molar refractivity (Wildman–Crippen MR) is 157 cm³/mol. The molecule has 1 atom stereocenters. The summed E-state index contributed by atoms with van der Waals surface area (Å²) in [5.41, 5.74) is 9.01. The first-order valence-electron chi connectivity index (χ1n) is 13.0. The molecule has 3 aromatic carbocycles. The molecule has 0 radical (unpaired) electrons. The Kier molecular flexibility index (Phi) is 5.37. The molecule has 0 fully saturated rings. The first-order valence-corrected chi connectivity index (χ1v) is 13.0. The standard InChI is InChI=1S/C32H27N7/c1-20-14-16-24(17-15-20)39-31-28(22(3)37-39)29(26-12-6-7-18-33-26)38-27-13-5-4-11-25(27)35-30(32(38)36-31)34-23-10-8-9-21(2)19-23/h4-19,29H,1-3H3,(H,34,35)/t29-/m1/s1. The second-order valence-electron chi connectivity index (χ2n) is 9.98. The number of para-hydroxylation sites is 2. The van der Waals surface area contributed by atoms with Crippen molar-refractivity contribution in [1.29, 1.82) is 0 Å². The molecule has 0 bridgehead atoms. The number of anilines is 2. The molecule has 5 aromatic rings. The van der Waals surface area contributed by atoms with Crippen molar-refractivity contribution in [1.82, 2.24) is 14.8 Å². The maximum Gasteiger partial charge on any atom is 0.179 e. The van der Waals surface area contributed by atoms with E-state index in [0.717, 1.165) is 51.4 Å². The van der Waals surface area contributed by atoms with Crippen LogP contribution in [0, 0.1) is 20.8 Å². The number of aromatic nitrogens is 3. The lowest BCUT2D eigenvalue weighted by Gasteiger charge is -2.40. The van der Waals surface area contributed by atoms with Crippen molar-refractivity contribution in [2.24, 2.45) is 9.98 Å². The van der Waals surface area contributed by atoms with Gasteiger partial charge in [0.2, 0.25) is 0 Å². The summed E-state index contributed by atoms with van der Waals surface area (Å²) in [6.07, 6.45) is 1.84. The third kappa shape index (κ3) is 3.90. The van der Waals surface area contributed by atoms with Gasteiger partial charge in [-0.15, -0.1) is 0 Å². The Morgan fingerprint density at radius 1 is 0.769 bits per heavy atom. The number of hydrogen-bond donors (Lipinski definition) is 1. The Hall–Kier alpha value is -5.04. The predicted octanol–water partition coefficient (Wildman–Crippen LogP) is 6.99. The Labute approximate surface area is 227 Å². The van der Waals surface area contributed by atoms with Gasteiger partial charge in [0.1, 0.15) is 6.04 Å². The molecule has 0 spiro atoms. The van der Waals surface area contributed by atoms with Gasteiger partial charge in [-0.25, -0.2) is 14.7 Å². The molecule has 7 nitrogen and oxygen atoms in total. The van der Waals surface area contributed by atoms with Gasteiger partial charge in [0.25, 0.3) is 0 Å². The number of aliphatic imine (C=N–C) groups is 2. The molecule has 0 saturated carbocycles. The number of pyridine rings is 1. The number of hydrogen-bond acceptors (Lipinski definition) is 6. The lowest BCUT2D eigenvalue weighted by Crippen LogP contribution is -2.46. The van der Waals surface area contributed by atoms with E-state index >= 15 is 0 Å². The van der Waals surface area contributed by atoms with Crippen LogP contribution in [0.3, 0.4) is 0 Å². The van der Waals surface area contributed by atoms with Crippen molar-refractivity contribution < 1.29 is 0 Å². The van der Waals surface area contributed by atoms with E-state index in [2.05, 4.69) is 79.5 Å². The molecule has 0 amide bonds. The second kappa shape index (κ2) is 9.06. The number of nitrogens with zero attached hydrogens (tertiary/aromatic N) is 6. The van der Waals surface area contributed by atoms with E-state index in [0.29, 0.717) is 5.84 Å². The largest absolute Gasteiger partial charge is 0.337 e. The minimum absolute atomic E-state index is 0.237. The maximum absolute atomic E-state index is 5.28. The lowest BCUT2D eigenvalue weighted by atomic mass is 9.96. The Bertz CT molecular complexity index is 1760. The highest BCUT2D eigenvalue weighted by Crippen LogP contribution is 2.47. The summed E-state index contributed by atoms with van der Waals surface area (Å²) in [7, 11) is 0. The van der Waals surface area contributed by atoms with Gasteiger partial charge in [-0.05, 0) is 74.9 Å². The van der Waals surface area contributed by atoms with Crippen LogP contribution in [-0.2, 0) is 0 Å². The van der Waals surface area contributed by atoms with Crippen LogP contribution in [0.2, 0.25) is 0 Å². The maximum atomic E-state index is 5.28. The molecule has 0 unspecified atom stereocenters. The van der Waals surface area contributed by atoms with Crippen molar-refractivity contribution in [3.8, 4) is 5.69 Å². The second-order valence-corrected chi connectivity index (χ2v) is 9.98. The van der Waals surface area contributed by atoms with Crippen LogP contribution >= 0.6 is 0 Å². The SMILES string of the molecule is Cc1ccc(-n2nc(C)c3c2N=C2C(Nc4cccc(C)c4)=Nc4ccccc4N2[C@@H]3c2ccccn2)cc1. The van der Waals surface area contributed by atoms with Crippen molar-refractivity contribution in [3.05, 3.63) is 125 Å². The number of rotatable bonds is 3. The third-order valence-corrected chi connectivity index (χ3v) is 7.17. The minimum atomic E-state index is -0.237. The zero-order chi connectivity index (χ0) is 26.5. The van der Waals surface area contributed by atoms with Crippen molar-refractivity contribution in [3.63, 3.8) is 0 Å². The fourth-order valence-corrected chi connectivity index (χ4v) is 5.34. The summed E-state index contributed by atoms with van der Waals surface area (Å²) >= 11 is 0. The Morgan fingerprint density at radius 2 is 1.59 bits per heavy atom. The molecule has 2 aliphatic heterocycles. The van der Waals surface area contributed by atoms with Crippen LogP contribution in [0.1, 0.15) is 34.1 Å². The van der Waals surface area contributed by atoms with Crippen molar-refractivity contribution in [2.45, 2.75) is 26.8 Å². The summed E-state index contributed by atoms with van der Waals surface area (Å²) in [5.74, 6) is 2.20. The van der Waals surface area contributed by atoms with Gasteiger partial charge in [-0.3, -0.25) is 4.98 Å². The summed E-state index contributed by atoms with van der Waals surface area (Å²) in [6, 6.07) is 30.6. The van der Waals surface area contributed by atoms with Crippen LogP contribution in [0.4, 0.5) is 22.9 Å². The number of fused-ring (bicyclic) bond motifs is 4. The van der Waals surface area contributed by atoms with E-state index in [4.69, 9.17) is 20.1 Å². The molecule has 7 rings (SSSR count). The summed E-state index contributed by atoms with van der Waals surface area (Å²) < 4.78 is 1.94. The Balaban J connectivity index is 1.49. The molecular weight excluding hydrogens is 482 g/mol. The molecule has 39 heavy (non-hydrogen) atoms. The molecule has 190 valence electrons. The molecular formula is C32H27N7. The van der Waals surface area contributed by atoms with E-state index in [-0.39, 0.29) is 6.04 Å². The molecule has 2 aromatic heterocycles. The van der Waals surface area contributed by atoms with Crippen molar-refractivity contribution >= 4 is 34.6 Å². The van der Waals surface area contributed by atoms with E-state index in [1.807, 2.05) is 53.3 Å². The summed E-state index contributed by atoms with van der Waals surface area (Å²) in [4.78, 5) is 17.4. The first-order chi connectivity index (χ1) is 19.1. The molecule has 7 heteroatoms. The molecule has 4 heterocycles. The molecule has 0 saturated heterocycles. The average Bonchev–Trinajstić information content (AvgIpc) is 3.29. The fraction of sp³-hybridized carbons (Fsp3) is 0.125. The minimum Gasteiger partial charge on any atom is -0.337 e. The number of nitrogens with one attached hydrogen (secondary N) is 1.